The number of fused-ring (bicyclic) bond motifs is 2. The van der Waals surface area contributed by atoms with Crippen molar-refractivity contribution in [2.24, 2.45) is 0 Å². The van der Waals surface area contributed by atoms with Gasteiger partial charge in [0.05, 0.1) is 34.3 Å². The number of thiazole rings is 1. The zero-order valence-electron chi connectivity index (χ0n) is 30.1. The van der Waals surface area contributed by atoms with Gasteiger partial charge in [0.2, 0.25) is 0 Å². The number of pyridine rings is 1. The molecule has 2 N–H and O–H groups in total. The zero-order valence-corrected chi connectivity index (χ0v) is 31.7. The normalized spacial score (nSPS) is 17.4. The quantitative estimate of drug-likeness (QED) is 0.165. The molecule has 2 aliphatic rings. The minimum Gasteiger partial charge on any atom is -0.479 e. The van der Waals surface area contributed by atoms with Gasteiger partial charge in [-0.2, -0.15) is 5.10 Å². The Balaban J connectivity index is 1.28. The van der Waals surface area contributed by atoms with Crippen LogP contribution in [-0.2, 0) is 14.3 Å². The average Bonchev–Trinajstić information content (AvgIpc) is 3.68. The second-order valence-electron chi connectivity index (χ2n) is 14.7. The lowest BCUT2D eigenvalue weighted by atomic mass is 9.90. The number of carbonyl (C=O) groups is 2. The molecule has 2 fully saturated rings. The highest BCUT2D eigenvalue weighted by Gasteiger charge is 2.38. The molecule has 1 unspecified atom stereocenters. The Morgan fingerprint density at radius 2 is 1.73 bits per heavy atom. The largest absolute Gasteiger partial charge is 0.479 e. The molecule has 274 valence electrons. The summed E-state index contributed by atoms with van der Waals surface area (Å²) in [6.07, 6.45) is -0.614. The molecular formula is C38H43ClN6O6S. The van der Waals surface area contributed by atoms with Gasteiger partial charge in [-0.05, 0) is 102 Å². The lowest BCUT2D eigenvalue weighted by Gasteiger charge is -2.46. The Bertz CT molecular complexity index is 2150. The molecule has 0 saturated carbocycles. The lowest BCUT2D eigenvalue weighted by Crippen LogP contribution is -2.62. The van der Waals surface area contributed by atoms with E-state index in [9.17, 15) is 19.8 Å². The van der Waals surface area contributed by atoms with Gasteiger partial charge in [-0.25, -0.2) is 24.2 Å². The van der Waals surface area contributed by atoms with E-state index in [-0.39, 0.29) is 12.0 Å². The van der Waals surface area contributed by atoms with E-state index in [2.05, 4.69) is 4.90 Å². The van der Waals surface area contributed by atoms with Gasteiger partial charge in [-0.15, -0.1) is 11.3 Å². The number of nitrogens with zero attached hydrogens (tertiary/aromatic N) is 6. The Morgan fingerprint density at radius 1 is 1.04 bits per heavy atom. The third-order valence-electron chi connectivity index (χ3n) is 9.90. The molecule has 0 radical (unpaired) electrons. The van der Waals surface area contributed by atoms with E-state index in [0.717, 1.165) is 64.0 Å². The smallest absolute Gasteiger partial charge is 0.409 e. The van der Waals surface area contributed by atoms with Gasteiger partial charge in [-0.3, -0.25) is 4.90 Å². The van der Waals surface area contributed by atoms with Crippen LogP contribution in [0.1, 0.15) is 75.6 Å². The van der Waals surface area contributed by atoms with E-state index in [4.69, 9.17) is 36.1 Å². The van der Waals surface area contributed by atoms with E-state index < -0.39 is 23.9 Å². The third kappa shape index (κ3) is 6.88. The summed E-state index contributed by atoms with van der Waals surface area (Å²) in [7, 11) is 1.41. The third-order valence-corrected chi connectivity index (χ3v) is 11.3. The van der Waals surface area contributed by atoms with Gasteiger partial charge < -0.3 is 24.6 Å². The number of likely N-dealkylation sites (tertiary alicyclic amines) is 2. The molecule has 2 atom stereocenters. The standard InChI is InChI=1S/C38H43ClN6O6S/c1-20-17-28-34(30(22-7-9-24(39)10-8-22)29(20)33(36(47)48)51-38(3,4)5)52-35(41-28)27-12-11-26-31(40-27)32(45(42-26)21(2)46)23-13-15-43(16-14-23)25-18-44(19-25)37(49)50-6/h7-12,17,21,23,25,33,46H,13-16,18-19H2,1-6H3,(H,47,48)/t21?,33-/m0/s1. The number of amides is 1. The van der Waals surface area contributed by atoms with Gasteiger partial charge in [0.15, 0.2) is 6.10 Å². The van der Waals surface area contributed by atoms with E-state index in [1.165, 1.54) is 18.4 Å². The number of halogens is 1. The summed E-state index contributed by atoms with van der Waals surface area (Å²) in [4.78, 5) is 39.0. The van der Waals surface area contributed by atoms with Gasteiger partial charge in [0.25, 0.3) is 0 Å². The van der Waals surface area contributed by atoms with Gasteiger partial charge in [0, 0.05) is 41.2 Å². The number of rotatable bonds is 8. The zero-order chi connectivity index (χ0) is 37.1. The first-order valence-electron chi connectivity index (χ1n) is 17.5. The monoisotopic (exact) mass is 746 g/mol. The van der Waals surface area contributed by atoms with Crippen molar-refractivity contribution in [1.29, 1.82) is 0 Å². The minimum atomic E-state index is -1.22. The number of carboxylic acids is 1. The van der Waals surface area contributed by atoms with Crippen LogP contribution in [0.5, 0.6) is 0 Å². The summed E-state index contributed by atoms with van der Waals surface area (Å²) < 4.78 is 13.5. The molecule has 5 aromatic rings. The summed E-state index contributed by atoms with van der Waals surface area (Å²) >= 11 is 7.73. The van der Waals surface area contributed by atoms with Crippen LogP contribution in [0.25, 0.3) is 43.1 Å². The van der Waals surface area contributed by atoms with Crippen LogP contribution in [0.15, 0.2) is 42.5 Å². The SMILES string of the molecule is COC(=O)N1CC(N2CCC(c3c4nc(-c5nc6cc(C)c([C@H](OC(C)(C)C)C(=O)O)c(-c7ccc(Cl)cc7)c6s5)ccc4nn3C(C)O)CC2)C1. The number of aromatic nitrogens is 4. The number of aliphatic hydroxyl groups excluding tert-OH is 1. The summed E-state index contributed by atoms with van der Waals surface area (Å²) in [5.74, 6) is -0.947. The highest BCUT2D eigenvalue weighted by Crippen LogP contribution is 2.45. The molecule has 0 bridgehead atoms. The van der Waals surface area contributed by atoms with E-state index in [1.54, 1.807) is 28.6 Å². The van der Waals surface area contributed by atoms with Crippen LogP contribution >= 0.6 is 22.9 Å². The summed E-state index contributed by atoms with van der Waals surface area (Å²) in [5.41, 5.74) is 5.87. The van der Waals surface area contributed by atoms with Crippen LogP contribution < -0.4 is 0 Å². The molecule has 2 saturated heterocycles. The predicted molar refractivity (Wildman–Crippen MR) is 201 cm³/mol. The second kappa shape index (κ2) is 14.0. The summed E-state index contributed by atoms with van der Waals surface area (Å²) in [5, 5.41) is 27.3. The van der Waals surface area contributed by atoms with Crippen molar-refractivity contribution in [3.8, 4) is 21.8 Å². The van der Waals surface area contributed by atoms with Crippen LogP contribution in [0.2, 0.25) is 5.02 Å². The molecule has 14 heteroatoms. The van der Waals surface area contributed by atoms with E-state index in [0.29, 0.717) is 45.9 Å². The first-order valence-corrected chi connectivity index (χ1v) is 18.7. The van der Waals surface area contributed by atoms with Gasteiger partial charge in [-0.1, -0.05) is 23.7 Å². The number of ether oxygens (including phenoxy) is 2. The Morgan fingerprint density at radius 3 is 2.35 bits per heavy atom. The number of aliphatic carboxylic acids is 1. The maximum absolute atomic E-state index is 12.8. The molecule has 7 rings (SSSR count). The summed E-state index contributed by atoms with van der Waals surface area (Å²) in [6.45, 7) is 12.2. The maximum Gasteiger partial charge on any atom is 0.409 e. The Labute approximate surface area is 310 Å². The molecule has 2 aromatic carbocycles. The predicted octanol–water partition coefficient (Wildman–Crippen LogP) is 7.42. The van der Waals surface area contributed by atoms with Gasteiger partial charge in [0.1, 0.15) is 22.3 Å². The molecule has 1 amide bonds. The van der Waals surface area contributed by atoms with Gasteiger partial charge >= 0.3 is 12.1 Å². The molecule has 2 aliphatic heterocycles. The Hall–Kier alpha value is -4.14. The molecule has 52 heavy (non-hydrogen) atoms. The number of aryl methyl sites for hydroxylation is 1. The van der Waals surface area contributed by atoms with Crippen LogP contribution in [-0.4, -0.2) is 96.8 Å². The van der Waals surface area contributed by atoms with Crippen molar-refractivity contribution < 1.29 is 29.3 Å². The fourth-order valence-electron chi connectivity index (χ4n) is 7.43. The number of piperidine rings is 1. The number of carbonyl (C=O) groups excluding carboxylic acids is 1. The highest BCUT2D eigenvalue weighted by molar-refractivity contribution is 7.22. The maximum atomic E-state index is 12.8. The number of aliphatic hydroxyl groups is 1. The van der Waals surface area contributed by atoms with Crippen molar-refractivity contribution in [2.75, 3.05) is 33.3 Å². The highest BCUT2D eigenvalue weighted by atomic mass is 35.5. The summed E-state index contributed by atoms with van der Waals surface area (Å²) in [6, 6.07) is 13.4. The molecule has 0 spiro atoms. The number of hydrogen-bond acceptors (Lipinski definition) is 10. The van der Waals surface area contributed by atoms with Crippen molar-refractivity contribution in [3.05, 3.63) is 64.3 Å². The number of carboxylic acid groups (broad SMARTS) is 1. The molecule has 3 aromatic heterocycles. The van der Waals surface area contributed by atoms with E-state index >= 15 is 0 Å². The van der Waals surface area contributed by atoms with Crippen LogP contribution in [0, 0.1) is 6.92 Å². The number of methoxy groups -OCH3 is 1. The number of benzene rings is 2. The first kappa shape index (κ1) is 36.2. The second-order valence-corrected chi connectivity index (χ2v) is 16.1. The molecule has 0 aliphatic carbocycles. The van der Waals surface area contributed by atoms with Crippen molar-refractivity contribution in [1.82, 2.24) is 29.5 Å². The Kier molecular flexibility index (Phi) is 9.76. The fourth-order valence-corrected chi connectivity index (χ4v) is 8.65. The van der Waals surface area contributed by atoms with Crippen LogP contribution in [0.3, 0.4) is 0 Å². The lowest BCUT2D eigenvalue weighted by molar-refractivity contribution is -0.160. The molecular weight excluding hydrogens is 704 g/mol. The van der Waals surface area contributed by atoms with Crippen LogP contribution in [0.4, 0.5) is 4.79 Å². The van der Waals surface area contributed by atoms with Crippen molar-refractivity contribution in [2.45, 2.75) is 77.4 Å². The average molecular weight is 747 g/mol. The minimum absolute atomic E-state index is 0.128. The van der Waals surface area contributed by atoms with Crippen molar-refractivity contribution in [3.63, 3.8) is 0 Å². The molecule has 12 nitrogen and oxygen atoms in total. The molecule has 5 heterocycles. The van der Waals surface area contributed by atoms with E-state index in [1.807, 2.05) is 58.0 Å². The number of hydrogen-bond donors (Lipinski definition) is 2. The topological polar surface area (TPSA) is 143 Å². The first-order chi connectivity index (χ1) is 24.7. The fraction of sp³-hybridized carbons (Fsp3) is 0.447. The van der Waals surface area contributed by atoms with Crippen molar-refractivity contribution >= 4 is 56.3 Å².